The van der Waals surface area contributed by atoms with Gasteiger partial charge in [-0.25, -0.2) is 0 Å². The third-order valence-corrected chi connectivity index (χ3v) is 3.44. The molecule has 1 amide bonds. The maximum atomic E-state index is 12.6. The van der Waals surface area contributed by atoms with Crippen molar-refractivity contribution in [2.45, 2.75) is 26.1 Å². The predicted molar refractivity (Wildman–Crippen MR) is 82.0 cm³/mol. The van der Waals surface area contributed by atoms with Gasteiger partial charge in [0.15, 0.2) is 5.69 Å². The van der Waals surface area contributed by atoms with E-state index in [9.17, 15) is 28.1 Å². The number of carbonyl (C=O) groups is 1. The summed E-state index contributed by atoms with van der Waals surface area (Å²) in [6, 6.07) is 6.08. The van der Waals surface area contributed by atoms with Crippen molar-refractivity contribution in [3.8, 4) is 0 Å². The van der Waals surface area contributed by atoms with Crippen molar-refractivity contribution in [3.05, 3.63) is 57.4 Å². The highest BCUT2D eigenvalue weighted by Gasteiger charge is 2.34. The van der Waals surface area contributed by atoms with Crippen molar-refractivity contribution >= 4 is 11.6 Å². The second-order valence-electron chi connectivity index (χ2n) is 5.31. The Hall–Kier alpha value is -2.91. The lowest BCUT2D eigenvalue weighted by molar-refractivity contribution is -0.384. The van der Waals surface area contributed by atoms with Crippen LogP contribution in [0.15, 0.2) is 30.3 Å². The van der Waals surface area contributed by atoms with Gasteiger partial charge in [0.25, 0.3) is 11.6 Å². The molecule has 0 atom stereocenters. The molecule has 0 saturated carbocycles. The molecule has 2 rings (SSSR count). The number of nitrogens with zero attached hydrogens (tertiary/aromatic N) is 3. The number of aromatic nitrogens is 2. The molecule has 0 unspecified atom stereocenters. The summed E-state index contributed by atoms with van der Waals surface area (Å²) in [4.78, 5) is 21.9. The molecule has 0 aliphatic carbocycles. The van der Waals surface area contributed by atoms with Crippen LogP contribution in [0.2, 0.25) is 0 Å². The number of benzene rings is 1. The minimum Gasteiger partial charge on any atom is -0.352 e. The van der Waals surface area contributed by atoms with Gasteiger partial charge in [-0.05, 0) is 31.5 Å². The molecular weight excluding hydrogens is 341 g/mol. The summed E-state index contributed by atoms with van der Waals surface area (Å²) in [7, 11) is 0. The van der Waals surface area contributed by atoms with E-state index >= 15 is 0 Å². The van der Waals surface area contributed by atoms with Gasteiger partial charge in [-0.3, -0.25) is 19.6 Å². The van der Waals surface area contributed by atoms with Crippen LogP contribution in [0.5, 0.6) is 0 Å². The van der Waals surface area contributed by atoms with Crippen molar-refractivity contribution in [2.75, 3.05) is 6.54 Å². The van der Waals surface area contributed by atoms with Crippen molar-refractivity contribution in [1.82, 2.24) is 15.1 Å². The summed E-state index contributed by atoms with van der Waals surface area (Å²) in [6.45, 7) is 1.98. The zero-order valence-corrected chi connectivity index (χ0v) is 13.2. The van der Waals surface area contributed by atoms with E-state index in [0.29, 0.717) is 12.1 Å². The number of alkyl halides is 3. The van der Waals surface area contributed by atoms with Crippen molar-refractivity contribution in [1.29, 1.82) is 0 Å². The lowest BCUT2D eigenvalue weighted by atomic mass is 10.2. The maximum absolute atomic E-state index is 12.6. The van der Waals surface area contributed by atoms with Crippen LogP contribution < -0.4 is 5.32 Å². The number of amides is 1. The standard InChI is InChI=1S/C15H15F3N4O3/c1-10-9-13(15(16,17)18)20-21(10)8-2-7-19-14(23)11-3-5-12(6-4-11)22(24)25/h3-6,9H,2,7-8H2,1H3,(H,19,23). The van der Waals surface area contributed by atoms with Crippen LogP contribution in [0.3, 0.4) is 0 Å². The van der Waals surface area contributed by atoms with Crippen LogP contribution in [0.25, 0.3) is 0 Å². The molecular formula is C15H15F3N4O3. The Labute approximate surface area is 140 Å². The summed E-state index contributed by atoms with van der Waals surface area (Å²) in [5.41, 5.74) is -0.416. The first-order valence-corrected chi connectivity index (χ1v) is 7.33. The Balaban J connectivity index is 1.84. The van der Waals surface area contributed by atoms with Crippen LogP contribution >= 0.6 is 0 Å². The number of nitro benzene ring substituents is 1. The maximum Gasteiger partial charge on any atom is 0.435 e. The van der Waals surface area contributed by atoms with Crippen molar-refractivity contribution < 1.29 is 22.9 Å². The number of non-ortho nitro benzene ring substituents is 1. The normalized spacial score (nSPS) is 11.4. The van der Waals surface area contributed by atoms with E-state index in [4.69, 9.17) is 0 Å². The third kappa shape index (κ3) is 4.78. The van der Waals surface area contributed by atoms with Crippen LogP contribution in [-0.4, -0.2) is 27.2 Å². The lowest BCUT2D eigenvalue weighted by Gasteiger charge is -2.07. The fourth-order valence-electron chi connectivity index (χ4n) is 2.14. The van der Waals surface area contributed by atoms with Gasteiger partial charge in [-0.1, -0.05) is 0 Å². The smallest absolute Gasteiger partial charge is 0.352 e. The highest BCUT2D eigenvalue weighted by molar-refractivity contribution is 5.94. The largest absolute Gasteiger partial charge is 0.435 e. The van der Waals surface area contributed by atoms with Crippen LogP contribution in [0, 0.1) is 17.0 Å². The minimum atomic E-state index is -4.49. The summed E-state index contributed by atoms with van der Waals surface area (Å²) in [6.07, 6.45) is -4.10. The monoisotopic (exact) mass is 356 g/mol. The number of aryl methyl sites for hydroxylation is 2. The van der Waals surface area contributed by atoms with Gasteiger partial charge < -0.3 is 5.32 Å². The average molecular weight is 356 g/mol. The van der Waals surface area contributed by atoms with E-state index in [0.717, 1.165) is 6.07 Å². The van der Waals surface area contributed by atoms with E-state index in [2.05, 4.69) is 10.4 Å². The molecule has 7 nitrogen and oxygen atoms in total. The SMILES string of the molecule is Cc1cc(C(F)(F)F)nn1CCCNC(=O)c1ccc([N+](=O)[O-])cc1. The summed E-state index contributed by atoms with van der Waals surface area (Å²) in [5.74, 6) is -0.414. The zero-order chi connectivity index (χ0) is 18.6. The van der Waals surface area contributed by atoms with E-state index in [-0.39, 0.29) is 24.3 Å². The molecule has 2 aromatic rings. The molecule has 1 aromatic carbocycles. The van der Waals surface area contributed by atoms with Gasteiger partial charge >= 0.3 is 6.18 Å². The molecule has 134 valence electrons. The van der Waals surface area contributed by atoms with Crippen LogP contribution in [0.4, 0.5) is 18.9 Å². The lowest BCUT2D eigenvalue weighted by Crippen LogP contribution is -2.25. The Morgan fingerprint density at radius 1 is 1.32 bits per heavy atom. The fourth-order valence-corrected chi connectivity index (χ4v) is 2.14. The number of hydrogen-bond donors (Lipinski definition) is 1. The summed E-state index contributed by atoms with van der Waals surface area (Å²) < 4.78 is 38.9. The van der Waals surface area contributed by atoms with Gasteiger partial charge in [0, 0.05) is 36.5 Å². The molecule has 1 N–H and O–H groups in total. The van der Waals surface area contributed by atoms with Crippen LogP contribution in [0.1, 0.15) is 28.2 Å². The van der Waals surface area contributed by atoms with Gasteiger partial charge in [-0.15, -0.1) is 0 Å². The van der Waals surface area contributed by atoms with E-state index in [1.165, 1.54) is 35.9 Å². The Bertz CT molecular complexity index is 769. The van der Waals surface area contributed by atoms with Crippen molar-refractivity contribution in [2.24, 2.45) is 0 Å². The summed E-state index contributed by atoms with van der Waals surface area (Å²) in [5, 5.41) is 16.6. The molecule has 0 aliphatic heterocycles. The minimum absolute atomic E-state index is 0.119. The average Bonchev–Trinajstić information content (AvgIpc) is 2.92. The fraction of sp³-hybridized carbons (Fsp3) is 0.333. The Kier molecular flexibility index (Phi) is 5.40. The van der Waals surface area contributed by atoms with Crippen molar-refractivity contribution in [3.63, 3.8) is 0 Å². The first-order valence-electron chi connectivity index (χ1n) is 7.33. The number of rotatable bonds is 6. The highest BCUT2D eigenvalue weighted by atomic mass is 19.4. The molecule has 0 radical (unpaired) electrons. The quantitative estimate of drug-likeness (QED) is 0.489. The molecule has 0 aliphatic rings. The Morgan fingerprint density at radius 2 is 1.96 bits per heavy atom. The van der Waals surface area contributed by atoms with E-state index in [1.807, 2.05) is 0 Å². The molecule has 1 heterocycles. The van der Waals surface area contributed by atoms with Gasteiger partial charge in [0.1, 0.15) is 0 Å². The van der Waals surface area contributed by atoms with E-state index < -0.39 is 22.7 Å². The first-order chi connectivity index (χ1) is 11.7. The second kappa shape index (κ2) is 7.32. The van der Waals surface area contributed by atoms with Gasteiger partial charge in [-0.2, -0.15) is 18.3 Å². The molecule has 0 saturated heterocycles. The van der Waals surface area contributed by atoms with Gasteiger partial charge in [0.2, 0.25) is 0 Å². The molecule has 25 heavy (non-hydrogen) atoms. The highest BCUT2D eigenvalue weighted by Crippen LogP contribution is 2.28. The molecule has 1 aromatic heterocycles. The number of hydrogen-bond acceptors (Lipinski definition) is 4. The summed E-state index contributed by atoms with van der Waals surface area (Å²) >= 11 is 0. The van der Waals surface area contributed by atoms with Crippen LogP contribution in [-0.2, 0) is 12.7 Å². The van der Waals surface area contributed by atoms with Gasteiger partial charge in [0.05, 0.1) is 4.92 Å². The molecule has 0 bridgehead atoms. The molecule has 0 fully saturated rings. The predicted octanol–water partition coefficient (Wildman–Crippen LogP) is 2.94. The van der Waals surface area contributed by atoms with E-state index in [1.54, 1.807) is 0 Å². The molecule has 0 spiro atoms. The Morgan fingerprint density at radius 3 is 2.48 bits per heavy atom. The number of carbonyl (C=O) groups excluding carboxylic acids is 1. The topological polar surface area (TPSA) is 90.1 Å². The molecule has 10 heteroatoms. The number of nitro groups is 1. The zero-order valence-electron chi connectivity index (χ0n) is 13.2. The number of nitrogens with one attached hydrogen (secondary N) is 1. The first kappa shape index (κ1) is 18.4. The third-order valence-electron chi connectivity index (χ3n) is 3.44. The second-order valence-corrected chi connectivity index (χ2v) is 5.31. The number of halogens is 3.